The summed E-state index contributed by atoms with van der Waals surface area (Å²) in [5.41, 5.74) is -0.0534. The highest BCUT2D eigenvalue weighted by Gasteiger charge is 2.57. The van der Waals surface area contributed by atoms with Gasteiger partial charge in [0.05, 0.1) is 5.41 Å². The molecule has 9 rings (SSSR count). The molecule has 1 saturated heterocycles. The second-order valence-corrected chi connectivity index (χ2v) is 13.0. The van der Waals surface area contributed by atoms with E-state index in [1.165, 1.54) is 57.8 Å². The SMILES string of the molecule is O=C(NC12CC3CC(CC(C3)C1)C2)C1CCCN1C(=O)C12CC3CC(CC(C3)C1)C2. The number of nitrogens with zero attached hydrogens (tertiary/aromatic N) is 1. The van der Waals surface area contributed by atoms with Crippen LogP contribution in [0.25, 0.3) is 0 Å². The summed E-state index contributed by atoms with van der Waals surface area (Å²) >= 11 is 0. The fourth-order valence-corrected chi connectivity index (χ4v) is 10.6. The molecule has 8 bridgehead atoms. The third-order valence-corrected chi connectivity index (χ3v) is 10.7. The maximum Gasteiger partial charge on any atom is 0.243 e. The van der Waals surface area contributed by atoms with Gasteiger partial charge in [0.1, 0.15) is 6.04 Å². The van der Waals surface area contributed by atoms with Crippen LogP contribution >= 0.6 is 0 Å². The lowest BCUT2D eigenvalue weighted by atomic mass is 9.49. The molecule has 164 valence electrons. The van der Waals surface area contributed by atoms with Crippen molar-refractivity contribution in [3.8, 4) is 0 Å². The number of rotatable bonds is 3. The zero-order valence-electron chi connectivity index (χ0n) is 18.4. The minimum Gasteiger partial charge on any atom is -0.349 e. The Hall–Kier alpha value is -1.06. The number of carbonyl (C=O) groups excluding carboxylic acids is 2. The van der Waals surface area contributed by atoms with Gasteiger partial charge in [-0.15, -0.1) is 0 Å². The third kappa shape index (κ3) is 2.70. The molecule has 4 nitrogen and oxygen atoms in total. The van der Waals surface area contributed by atoms with Crippen LogP contribution in [0.1, 0.15) is 89.9 Å². The summed E-state index contributed by atoms with van der Waals surface area (Å²) in [6, 6.07) is -0.196. The Morgan fingerprint density at radius 1 is 0.700 bits per heavy atom. The quantitative estimate of drug-likeness (QED) is 0.755. The molecule has 9 aliphatic rings. The van der Waals surface area contributed by atoms with E-state index in [0.29, 0.717) is 5.91 Å². The van der Waals surface area contributed by atoms with E-state index in [1.807, 2.05) is 0 Å². The lowest BCUT2D eigenvalue weighted by Crippen LogP contribution is -2.63. The Morgan fingerprint density at radius 3 is 1.67 bits per heavy atom. The molecular formula is C26H38N2O2. The molecule has 4 heteroatoms. The molecular weight excluding hydrogens is 372 g/mol. The molecule has 1 heterocycles. The van der Waals surface area contributed by atoms with Crippen molar-refractivity contribution in [3.05, 3.63) is 0 Å². The van der Waals surface area contributed by atoms with Gasteiger partial charge in [0.2, 0.25) is 11.8 Å². The molecule has 2 amide bonds. The topological polar surface area (TPSA) is 49.4 Å². The lowest BCUT2D eigenvalue weighted by Gasteiger charge is -2.57. The standard InChI is InChI=1S/C26H38N2O2/c29-23(27-26-13-19-7-20(14-26)9-21(8-19)15-26)22-2-1-3-28(22)24(30)25-10-16-4-17(11-25)6-18(5-16)12-25/h16-22H,1-15H2,(H,27,29). The van der Waals surface area contributed by atoms with E-state index in [1.54, 1.807) is 0 Å². The predicted molar refractivity (Wildman–Crippen MR) is 114 cm³/mol. The van der Waals surface area contributed by atoms with E-state index in [-0.39, 0.29) is 22.9 Å². The van der Waals surface area contributed by atoms with Crippen molar-refractivity contribution in [3.63, 3.8) is 0 Å². The van der Waals surface area contributed by atoms with Crippen LogP contribution in [0, 0.1) is 40.9 Å². The van der Waals surface area contributed by atoms with Gasteiger partial charge in [-0.1, -0.05) is 0 Å². The van der Waals surface area contributed by atoms with Crippen LogP contribution in [0.2, 0.25) is 0 Å². The number of hydrogen-bond acceptors (Lipinski definition) is 2. The van der Waals surface area contributed by atoms with Gasteiger partial charge in [0.25, 0.3) is 0 Å². The second kappa shape index (κ2) is 6.25. The maximum absolute atomic E-state index is 13.9. The molecule has 0 aromatic carbocycles. The van der Waals surface area contributed by atoms with Gasteiger partial charge in [-0.05, 0) is 125 Å². The molecule has 30 heavy (non-hydrogen) atoms. The molecule has 0 aromatic heterocycles. The minimum absolute atomic E-state index is 0.0594. The molecule has 9 fully saturated rings. The van der Waals surface area contributed by atoms with E-state index in [2.05, 4.69) is 10.2 Å². The minimum atomic E-state index is -0.196. The summed E-state index contributed by atoms with van der Waals surface area (Å²) in [6.07, 6.45) is 17.1. The Balaban J connectivity index is 1.10. The van der Waals surface area contributed by atoms with Crippen molar-refractivity contribution in [1.82, 2.24) is 10.2 Å². The van der Waals surface area contributed by atoms with Gasteiger partial charge < -0.3 is 10.2 Å². The average Bonchev–Trinajstić information content (AvgIpc) is 3.14. The summed E-state index contributed by atoms with van der Waals surface area (Å²) in [6.45, 7) is 0.805. The van der Waals surface area contributed by atoms with Gasteiger partial charge in [-0.3, -0.25) is 9.59 Å². The highest BCUT2D eigenvalue weighted by Crippen LogP contribution is 2.61. The van der Waals surface area contributed by atoms with Crippen LogP contribution in [-0.4, -0.2) is 34.8 Å². The van der Waals surface area contributed by atoms with E-state index in [4.69, 9.17) is 0 Å². The first-order chi connectivity index (χ1) is 14.5. The third-order valence-electron chi connectivity index (χ3n) is 10.7. The second-order valence-electron chi connectivity index (χ2n) is 13.0. The number of amides is 2. The Kier molecular flexibility index (Phi) is 3.86. The monoisotopic (exact) mass is 410 g/mol. The van der Waals surface area contributed by atoms with Gasteiger partial charge in [-0.2, -0.15) is 0 Å². The van der Waals surface area contributed by atoms with Crippen molar-refractivity contribution in [2.45, 2.75) is 101 Å². The van der Waals surface area contributed by atoms with E-state index in [0.717, 1.165) is 74.2 Å². The van der Waals surface area contributed by atoms with Gasteiger partial charge in [0, 0.05) is 12.1 Å². The van der Waals surface area contributed by atoms with Crippen LogP contribution < -0.4 is 5.32 Å². The average molecular weight is 411 g/mol. The zero-order valence-corrected chi connectivity index (χ0v) is 18.4. The van der Waals surface area contributed by atoms with Gasteiger partial charge in [-0.25, -0.2) is 0 Å². The highest BCUT2D eigenvalue weighted by molar-refractivity contribution is 5.91. The van der Waals surface area contributed by atoms with Crippen molar-refractivity contribution < 1.29 is 9.59 Å². The van der Waals surface area contributed by atoms with Crippen LogP contribution in [0.5, 0.6) is 0 Å². The first-order valence-corrected chi connectivity index (χ1v) is 13.1. The van der Waals surface area contributed by atoms with Crippen LogP contribution in [0.3, 0.4) is 0 Å². The van der Waals surface area contributed by atoms with Gasteiger partial charge in [0.15, 0.2) is 0 Å². The maximum atomic E-state index is 13.9. The fraction of sp³-hybridized carbons (Fsp3) is 0.923. The molecule has 0 aromatic rings. The molecule has 1 unspecified atom stereocenters. The summed E-state index contributed by atoms with van der Waals surface area (Å²) < 4.78 is 0. The number of nitrogens with one attached hydrogen (secondary N) is 1. The first kappa shape index (κ1) is 18.5. The van der Waals surface area contributed by atoms with Crippen molar-refractivity contribution in [1.29, 1.82) is 0 Å². The van der Waals surface area contributed by atoms with E-state index >= 15 is 0 Å². The normalized spacial score (nSPS) is 52.8. The Labute approximate surface area is 180 Å². The van der Waals surface area contributed by atoms with Crippen LogP contribution in [0.15, 0.2) is 0 Å². The molecule has 1 N–H and O–H groups in total. The molecule has 1 aliphatic heterocycles. The summed E-state index contributed by atoms with van der Waals surface area (Å²) in [5, 5.41) is 3.59. The fourth-order valence-electron chi connectivity index (χ4n) is 10.6. The van der Waals surface area contributed by atoms with E-state index in [9.17, 15) is 9.59 Å². The Morgan fingerprint density at radius 2 is 1.17 bits per heavy atom. The largest absolute Gasteiger partial charge is 0.349 e. The van der Waals surface area contributed by atoms with E-state index < -0.39 is 0 Å². The molecule has 0 spiro atoms. The van der Waals surface area contributed by atoms with Crippen molar-refractivity contribution >= 4 is 11.8 Å². The predicted octanol–water partition coefficient (Wildman–Crippen LogP) is 4.28. The van der Waals surface area contributed by atoms with Gasteiger partial charge >= 0.3 is 0 Å². The highest BCUT2D eigenvalue weighted by atomic mass is 16.2. The molecule has 1 atom stereocenters. The smallest absolute Gasteiger partial charge is 0.243 e. The zero-order chi connectivity index (χ0) is 20.1. The summed E-state index contributed by atoms with van der Waals surface area (Å²) in [5.74, 6) is 5.41. The summed E-state index contributed by atoms with van der Waals surface area (Å²) in [4.78, 5) is 29.5. The Bertz CT molecular complexity index is 702. The molecule has 0 radical (unpaired) electrons. The van der Waals surface area contributed by atoms with Crippen LogP contribution in [0.4, 0.5) is 0 Å². The first-order valence-electron chi connectivity index (χ1n) is 13.1. The van der Waals surface area contributed by atoms with Crippen LogP contribution in [-0.2, 0) is 9.59 Å². The number of hydrogen-bond donors (Lipinski definition) is 1. The van der Waals surface area contributed by atoms with Crippen molar-refractivity contribution in [2.75, 3.05) is 6.54 Å². The van der Waals surface area contributed by atoms with Crippen molar-refractivity contribution in [2.24, 2.45) is 40.9 Å². The lowest BCUT2D eigenvalue weighted by molar-refractivity contribution is -0.161. The number of likely N-dealkylation sites (tertiary alicyclic amines) is 1. The molecule has 8 aliphatic carbocycles. The number of carbonyl (C=O) groups is 2. The molecule has 8 saturated carbocycles. The summed E-state index contributed by atoms with van der Waals surface area (Å²) in [7, 11) is 0.